The quantitative estimate of drug-likeness (QED) is 0.457. The first-order valence-electron chi connectivity index (χ1n) is 11.6. The first-order valence-corrected chi connectivity index (χ1v) is 12.6. The van der Waals surface area contributed by atoms with Crippen LogP contribution in [0.2, 0.25) is 0 Å². The molecule has 6 nitrogen and oxygen atoms in total. The van der Waals surface area contributed by atoms with E-state index in [-0.39, 0.29) is 5.91 Å². The maximum Gasteiger partial charge on any atom is 0.254 e. The van der Waals surface area contributed by atoms with Crippen molar-refractivity contribution in [3.63, 3.8) is 0 Å². The van der Waals surface area contributed by atoms with Gasteiger partial charge in [-0.25, -0.2) is 4.98 Å². The summed E-state index contributed by atoms with van der Waals surface area (Å²) in [6, 6.07) is 12.7. The molecule has 1 saturated heterocycles. The van der Waals surface area contributed by atoms with Gasteiger partial charge in [-0.05, 0) is 63.4 Å². The fourth-order valence-electron chi connectivity index (χ4n) is 4.29. The molecule has 7 heteroatoms. The molecule has 3 aromatic rings. The number of nitrogens with zero attached hydrogens (tertiary/aromatic N) is 3. The summed E-state index contributed by atoms with van der Waals surface area (Å²) in [4.78, 5) is 20.1. The number of piperidine rings is 1. The van der Waals surface area contributed by atoms with Gasteiger partial charge in [0, 0.05) is 36.6 Å². The van der Waals surface area contributed by atoms with Crippen LogP contribution in [0.25, 0.3) is 0 Å². The van der Waals surface area contributed by atoms with Gasteiger partial charge in [0.05, 0.1) is 11.3 Å². The summed E-state index contributed by atoms with van der Waals surface area (Å²) in [5.41, 5.74) is 4.97. The Morgan fingerprint density at radius 3 is 2.76 bits per heavy atom. The maximum absolute atomic E-state index is 13.1. The molecule has 1 amide bonds. The molecule has 4 rings (SSSR count). The zero-order valence-corrected chi connectivity index (χ0v) is 20.5. The van der Waals surface area contributed by atoms with Crippen LogP contribution in [0.4, 0.5) is 0 Å². The number of pyridine rings is 1. The number of rotatable bonds is 8. The van der Waals surface area contributed by atoms with E-state index in [9.17, 15) is 4.79 Å². The third-order valence-corrected chi connectivity index (χ3v) is 7.45. The van der Waals surface area contributed by atoms with Crippen molar-refractivity contribution >= 4 is 17.7 Å². The zero-order chi connectivity index (χ0) is 23.2. The van der Waals surface area contributed by atoms with Crippen molar-refractivity contribution in [3.05, 3.63) is 76.3 Å². The number of amides is 1. The molecule has 1 N–H and O–H groups in total. The number of carbonyl (C=O) groups excluding carboxylic acids is 1. The minimum atomic E-state index is -0.106. The van der Waals surface area contributed by atoms with E-state index in [4.69, 9.17) is 4.52 Å². The Bertz CT molecular complexity index is 1080. The van der Waals surface area contributed by atoms with E-state index in [0.29, 0.717) is 28.9 Å². The van der Waals surface area contributed by atoms with E-state index in [2.05, 4.69) is 45.5 Å². The van der Waals surface area contributed by atoms with E-state index in [0.717, 1.165) is 35.7 Å². The van der Waals surface area contributed by atoms with Crippen LogP contribution in [0.15, 0.2) is 52.1 Å². The molecule has 174 valence electrons. The molecule has 0 radical (unpaired) electrons. The molecular weight excluding hydrogens is 432 g/mol. The molecule has 1 aromatic carbocycles. The summed E-state index contributed by atoms with van der Waals surface area (Å²) in [6.45, 7) is 8.72. The number of hydrogen-bond acceptors (Lipinski definition) is 6. The van der Waals surface area contributed by atoms with Crippen molar-refractivity contribution in [2.45, 2.75) is 69.9 Å². The van der Waals surface area contributed by atoms with Gasteiger partial charge in [0.25, 0.3) is 5.91 Å². The van der Waals surface area contributed by atoms with Crippen molar-refractivity contribution in [1.29, 1.82) is 0 Å². The Hall–Kier alpha value is -2.64. The summed E-state index contributed by atoms with van der Waals surface area (Å²) in [6.07, 6.45) is 5.56. The fraction of sp³-hybridized carbons (Fsp3) is 0.423. The van der Waals surface area contributed by atoms with Crippen LogP contribution in [0.3, 0.4) is 0 Å². The standard InChI is InChI=1S/C26H32N4O2S/c1-18-9-6-7-14-30(18)16-22-11-5-4-10-21(22)15-28-25(31)23-12-8-13-27-26(23)33-17-24-19(2)29-32-20(24)3/h4-5,8,10-13,18H,6-7,9,14-17H2,1-3H3,(H,28,31). The Balaban J connectivity index is 1.41. The van der Waals surface area contributed by atoms with Gasteiger partial charge in [-0.3, -0.25) is 9.69 Å². The lowest BCUT2D eigenvalue weighted by Gasteiger charge is -2.33. The van der Waals surface area contributed by atoms with Crippen molar-refractivity contribution in [2.75, 3.05) is 6.54 Å². The third kappa shape index (κ3) is 5.84. The number of carbonyl (C=O) groups is 1. The summed E-state index contributed by atoms with van der Waals surface area (Å²) in [5.74, 6) is 1.36. The fourth-order valence-corrected chi connectivity index (χ4v) is 5.44. The Morgan fingerprint density at radius 2 is 2.00 bits per heavy atom. The zero-order valence-electron chi connectivity index (χ0n) is 19.6. The van der Waals surface area contributed by atoms with Crippen LogP contribution in [0, 0.1) is 13.8 Å². The molecule has 1 atom stereocenters. The Kier molecular flexibility index (Phi) is 7.83. The van der Waals surface area contributed by atoms with Crippen LogP contribution in [-0.2, 0) is 18.8 Å². The molecule has 0 bridgehead atoms. The molecule has 1 aliphatic heterocycles. The molecule has 2 aromatic heterocycles. The summed E-state index contributed by atoms with van der Waals surface area (Å²) in [5, 5.41) is 7.84. The minimum Gasteiger partial charge on any atom is -0.361 e. The molecule has 3 heterocycles. The largest absolute Gasteiger partial charge is 0.361 e. The molecule has 1 unspecified atom stereocenters. The normalized spacial score (nSPS) is 16.6. The number of nitrogens with one attached hydrogen (secondary N) is 1. The second-order valence-corrected chi connectivity index (χ2v) is 9.68. The van der Waals surface area contributed by atoms with E-state index in [1.165, 1.54) is 36.6 Å². The average Bonchev–Trinajstić information content (AvgIpc) is 3.15. The number of likely N-dealkylation sites (tertiary alicyclic amines) is 1. The SMILES string of the molecule is Cc1noc(C)c1CSc1ncccc1C(=O)NCc1ccccc1CN1CCCCC1C. The predicted octanol–water partition coefficient (Wildman–Crippen LogP) is 5.28. The molecule has 33 heavy (non-hydrogen) atoms. The first kappa shape index (κ1) is 23.5. The number of aryl methyl sites for hydroxylation is 2. The summed E-state index contributed by atoms with van der Waals surface area (Å²) < 4.78 is 5.25. The smallest absolute Gasteiger partial charge is 0.254 e. The van der Waals surface area contributed by atoms with Crippen molar-refractivity contribution < 1.29 is 9.32 Å². The summed E-state index contributed by atoms with van der Waals surface area (Å²) >= 11 is 1.53. The van der Waals surface area contributed by atoms with Crippen LogP contribution in [0.5, 0.6) is 0 Å². The number of benzene rings is 1. The van der Waals surface area contributed by atoms with Gasteiger partial charge in [0.2, 0.25) is 0 Å². The Labute approximate surface area is 200 Å². The third-order valence-electron chi connectivity index (χ3n) is 6.42. The van der Waals surface area contributed by atoms with Crippen LogP contribution < -0.4 is 5.32 Å². The van der Waals surface area contributed by atoms with Crippen molar-refractivity contribution in [2.24, 2.45) is 0 Å². The first-order chi connectivity index (χ1) is 16.0. The lowest BCUT2D eigenvalue weighted by Crippen LogP contribution is -2.37. The minimum absolute atomic E-state index is 0.106. The van der Waals surface area contributed by atoms with Gasteiger partial charge < -0.3 is 9.84 Å². The van der Waals surface area contributed by atoms with Gasteiger partial charge in [0.15, 0.2) is 0 Å². The van der Waals surface area contributed by atoms with Crippen molar-refractivity contribution in [1.82, 2.24) is 20.4 Å². The number of thioether (sulfide) groups is 1. The van der Waals surface area contributed by atoms with Gasteiger partial charge in [-0.15, -0.1) is 11.8 Å². The highest BCUT2D eigenvalue weighted by Crippen LogP contribution is 2.27. The second kappa shape index (κ2) is 11.0. The topological polar surface area (TPSA) is 71.3 Å². The van der Waals surface area contributed by atoms with Crippen molar-refractivity contribution in [3.8, 4) is 0 Å². The van der Waals surface area contributed by atoms with Crippen LogP contribution in [0.1, 0.15) is 64.7 Å². The van der Waals surface area contributed by atoms with E-state index < -0.39 is 0 Å². The van der Waals surface area contributed by atoms with Gasteiger partial charge in [0.1, 0.15) is 10.8 Å². The van der Waals surface area contributed by atoms with E-state index in [1.807, 2.05) is 26.0 Å². The van der Waals surface area contributed by atoms with E-state index in [1.54, 1.807) is 12.3 Å². The molecule has 0 aliphatic carbocycles. The Morgan fingerprint density at radius 1 is 1.18 bits per heavy atom. The van der Waals surface area contributed by atoms with Crippen LogP contribution >= 0.6 is 11.8 Å². The molecule has 0 spiro atoms. The van der Waals surface area contributed by atoms with E-state index >= 15 is 0 Å². The van der Waals surface area contributed by atoms with Crippen LogP contribution in [-0.4, -0.2) is 33.5 Å². The van der Waals surface area contributed by atoms with Gasteiger partial charge in [-0.2, -0.15) is 0 Å². The molecular formula is C26H32N4O2S. The monoisotopic (exact) mass is 464 g/mol. The highest BCUT2D eigenvalue weighted by molar-refractivity contribution is 7.98. The molecule has 1 aliphatic rings. The van der Waals surface area contributed by atoms with Gasteiger partial charge in [-0.1, -0.05) is 35.8 Å². The predicted molar refractivity (Wildman–Crippen MR) is 131 cm³/mol. The lowest BCUT2D eigenvalue weighted by atomic mass is 10.0. The average molecular weight is 465 g/mol. The molecule has 1 fully saturated rings. The number of hydrogen-bond donors (Lipinski definition) is 1. The number of aromatic nitrogens is 2. The summed E-state index contributed by atoms with van der Waals surface area (Å²) in [7, 11) is 0. The highest BCUT2D eigenvalue weighted by Gasteiger charge is 2.20. The lowest BCUT2D eigenvalue weighted by molar-refractivity contribution is 0.0947. The second-order valence-electron chi connectivity index (χ2n) is 8.71. The maximum atomic E-state index is 13.1. The highest BCUT2D eigenvalue weighted by atomic mass is 32.2. The molecule has 0 saturated carbocycles. The van der Waals surface area contributed by atoms with Gasteiger partial charge >= 0.3 is 0 Å².